The Balaban J connectivity index is 1.69. The molecule has 0 atom stereocenters. The fraction of sp³-hybridized carbons (Fsp3) is 0.843. The number of aryl methyl sites for hydroxylation is 1. The summed E-state index contributed by atoms with van der Waals surface area (Å²) in [5, 5.41) is 2.97. The smallest absolute Gasteiger partial charge is 0.306 e. The Morgan fingerprint density at radius 3 is 1.66 bits per heavy atom. The van der Waals surface area contributed by atoms with Crippen molar-refractivity contribution in [3.8, 4) is 0 Å². The number of rotatable bonds is 43. The molecule has 0 unspecified atom stereocenters. The average Bonchev–Trinajstić information content (AvgIpc) is 3.65. The summed E-state index contributed by atoms with van der Waals surface area (Å²) in [6.07, 6.45) is 41.0. The molecule has 0 fully saturated rings. The van der Waals surface area contributed by atoms with Crippen LogP contribution in [0, 0.1) is 0 Å². The largest absolute Gasteiger partial charge is 0.466 e. The molecule has 0 aromatic carbocycles. The van der Waals surface area contributed by atoms with Crippen molar-refractivity contribution in [3.63, 3.8) is 0 Å². The molecule has 352 valence electrons. The molecule has 3 N–H and O–H groups in total. The third-order valence-corrected chi connectivity index (χ3v) is 12.3. The molecule has 1 aliphatic heterocycles. The number of imidazole rings is 1. The molecule has 2 heterocycles. The number of fused-ring (bicyclic) bond motifs is 1. The van der Waals surface area contributed by atoms with Gasteiger partial charge in [0.25, 0.3) is 0 Å². The van der Waals surface area contributed by atoms with Crippen molar-refractivity contribution in [2.24, 2.45) is 10.7 Å². The molecule has 0 spiro atoms. The maximum atomic E-state index is 12.9. The first kappa shape index (κ1) is 54.3. The highest BCUT2D eigenvalue weighted by Crippen LogP contribution is 2.26. The first-order valence-electron chi connectivity index (χ1n) is 25.8. The number of guanidine groups is 1. The van der Waals surface area contributed by atoms with Crippen LogP contribution in [0.5, 0.6) is 0 Å². The average molecular weight is 855 g/mol. The number of esters is 2. The minimum absolute atomic E-state index is 0.0139. The second-order valence-corrected chi connectivity index (χ2v) is 18.0. The van der Waals surface area contributed by atoms with E-state index in [0.29, 0.717) is 31.1 Å². The Morgan fingerprint density at radius 2 is 1.10 bits per heavy atom. The Kier molecular flexibility index (Phi) is 33.5. The molecule has 61 heavy (non-hydrogen) atoms. The van der Waals surface area contributed by atoms with Gasteiger partial charge in [-0.25, -0.2) is 4.98 Å². The maximum absolute atomic E-state index is 12.9. The maximum Gasteiger partial charge on any atom is 0.306 e. The van der Waals surface area contributed by atoms with Crippen molar-refractivity contribution >= 4 is 29.4 Å². The molecule has 1 aromatic heterocycles. The Labute approximate surface area is 374 Å². The lowest BCUT2D eigenvalue weighted by Gasteiger charge is -2.23. The van der Waals surface area contributed by atoms with Gasteiger partial charge in [-0.05, 0) is 83.8 Å². The summed E-state index contributed by atoms with van der Waals surface area (Å²) in [6, 6.07) is 0. The molecule has 0 saturated heterocycles. The second-order valence-electron chi connectivity index (χ2n) is 18.0. The van der Waals surface area contributed by atoms with Crippen molar-refractivity contribution in [1.29, 1.82) is 0 Å². The number of ether oxygens (including phenoxy) is 2. The van der Waals surface area contributed by atoms with Crippen LogP contribution >= 0.6 is 0 Å². The van der Waals surface area contributed by atoms with Crippen molar-refractivity contribution in [1.82, 2.24) is 19.8 Å². The summed E-state index contributed by atoms with van der Waals surface area (Å²) in [7, 11) is 0. The van der Waals surface area contributed by atoms with Gasteiger partial charge in [-0.15, -0.1) is 0 Å². The Morgan fingerprint density at radius 1 is 0.639 bits per heavy atom. The quantitative estimate of drug-likeness (QED) is 0.0492. The van der Waals surface area contributed by atoms with Crippen LogP contribution in [0.4, 0.5) is 5.82 Å². The van der Waals surface area contributed by atoms with Crippen LogP contribution in [0.2, 0.25) is 0 Å². The van der Waals surface area contributed by atoms with E-state index in [1.807, 2.05) is 6.33 Å². The topological polar surface area (TPSA) is 124 Å². The molecular formula is C51H94N6O4. The molecule has 0 radical (unpaired) electrons. The zero-order valence-electron chi connectivity index (χ0n) is 39.9. The van der Waals surface area contributed by atoms with Gasteiger partial charge in [-0.2, -0.15) is 4.99 Å². The van der Waals surface area contributed by atoms with Crippen molar-refractivity contribution in [3.05, 3.63) is 18.6 Å². The number of nitrogens with two attached hydrogens (primary N) is 1. The normalized spacial score (nSPS) is 12.5. The fourth-order valence-electron chi connectivity index (χ4n) is 8.42. The number of aliphatic imine (C=N–C) groups is 1. The lowest BCUT2D eigenvalue weighted by Crippen LogP contribution is -2.32. The number of nitrogens with one attached hydrogen (secondary N) is 1. The Hall–Kier alpha value is -2.88. The highest BCUT2D eigenvalue weighted by Gasteiger charge is 2.19. The molecule has 0 aliphatic carbocycles. The minimum atomic E-state index is -0.0311. The highest BCUT2D eigenvalue weighted by molar-refractivity contribution is 5.93. The monoisotopic (exact) mass is 855 g/mol. The Bertz CT molecular complexity index is 1270. The van der Waals surface area contributed by atoms with Gasteiger partial charge in [0.1, 0.15) is 11.8 Å². The lowest BCUT2D eigenvalue weighted by molar-refractivity contribution is -0.150. The van der Waals surface area contributed by atoms with Crippen molar-refractivity contribution < 1.29 is 19.1 Å². The second kappa shape index (κ2) is 37.7. The zero-order chi connectivity index (χ0) is 44.0. The SMILES string of the molecule is C=C1NC(N)=Nc2c1ncn2CCCN(CCCCCCCC(=O)OCCCCCCCCC)CCCCCCCC(=O)OC(CCCCCCCC)CCCCCCCC. The lowest BCUT2D eigenvalue weighted by atomic mass is 10.0. The van der Waals surface area contributed by atoms with Gasteiger partial charge in [0.15, 0.2) is 11.8 Å². The number of nitrogens with zero attached hydrogens (tertiary/aromatic N) is 4. The zero-order valence-corrected chi connectivity index (χ0v) is 39.9. The van der Waals surface area contributed by atoms with Gasteiger partial charge in [0, 0.05) is 19.4 Å². The predicted octanol–water partition coefficient (Wildman–Crippen LogP) is 13.5. The molecule has 0 amide bonds. The number of hydrogen-bond acceptors (Lipinski definition) is 9. The van der Waals surface area contributed by atoms with Gasteiger partial charge >= 0.3 is 11.9 Å². The van der Waals surface area contributed by atoms with E-state index in [-0.39, 0.29) is 18.0 Å². The van der Waals surface area contributed by atoms with Crippen molar-refractivity contribution in [2.75, 3.05) is 26.2 Å². The van der Waals surface area contributed by atoms with Crippen LogP contribution in [-0.2, 0) is 25.6 Å². The van der Waals surface area contributed by atoms with Crippen LogP contribution in [0.3, 0.4) is 0 Å². The molecule has 0 saturated carbocycles. The van der Waals surface area contributed by atoms with E-state index in [9.17, 15) is 9.59 Å². The van der Waals surface area contributed by atoms with Gasteiger partial charge in [0.2, 0.25) is 0 Å². The molecule has 10 nitrogen and oxygen atoms in total. The van der Waals surface area contributed by atoms with Gasteiger partial charge in [-0.3, -0.25) is 9.59 Å². The van der Waals surface area contributed by atoms with Crippen LogP contribution < -0.4 is 11.1 Å². The number of carbonyl (C=O) groups excluding carboxylic acids is 2. The standard InChI is InChI=1S/C51H94N6O4/c1-5-8-11-14-17-26-33-43-60-47(58)37-29-22-18-24-31-39-56(41-34-42-57-44-53-49-45(4)54-51(52)55-50(49)57)40-32-25-19-23-30-38-48(59)61-46(35-27-20-15-12-9-6-2)36-28-21-16-13-10-7-3/h44,46H,4-43H2,1-3H3,(H3,52,54,55). The molecule has 2 rings (SSSR count). The number of aromatic nitrogens is 2. The molecule has 1 aliphatic rings. The summed E-state index contributed by atoms with van der Waals surface area (Å²) < 4.78 is 13.7. The third-order valence-electron chi connectivity index (χ3n) is 12.3. The summed E-state index contributed by atoms with van der Waals surface area (Å²) in [4.78, 5) is 36.7. The molecule has 1 aromatic rings. The fourth-order valence-corrected chi connectivity index (χ4v) is 8.42. The van der Waals surface area contributed by atoms with E-state index >= 15 is 0 Å². The van der Waals surface area contributed by atoms with Crippen LogP contribution in [0.1, 0.15) is 245 Å². The van der Waals surface area contributed by atoms with Gasteiger partial charge < -0.3 is 30.0 Å². The molecule has 10 heteroatoms. The number of carbonyl (C=O) groups is 2. The molecule has 0 bridgehead atoms. The highest BCUT2D eigenvalue weighted by atomic mass is 16.5. The van der Waals surface area contributed by atoms with Crippen LogP contribution in [-0.4, -0.2) is 64.7 Å². The molecular weight excluding hydrogens is 761 g/mol. The van der Waals surface area contributed by atoms with Crippen LogP contribution in [0.15, 0.2) is 17.9 Å². The number of hydrogen-bond donors (Lipinski definition) is 2. The minimum Gasteiger partial charge on any atom is -0.466 e. The summed E-state index contributed by atoms with van der Waals surface area (Å²) in [5.41, 5.74) is 7.44. The summed E-state index contributed by atoms with van der Waals surface area (Å²) in [6.45, 7) is 15.4. The van der Waals surface area contributed by atoms with E-state index in [1.54, 1.807) is 0 Å². The van der Waals surface area contributed by atoms with Crippen molar-refractivity contribution in [2.45, 2.75) is 252 Å². The van der Waals surface area contributed by atoms with Gasteiger partial charge in [0.05, 0.1) is 18.6 Å². The van der Waals surface area contributed by atoms with E-state index < -0.39 is 0 Å². The van der Waals surface area contributed by atoms with E-state index in [4.69, 9.17) is 15.2 Å². The van der Waals surface area contributed by atoms with Gasteiger partial charge in [-0.1, -0.05) is 169 Å². The van der Waals surface area contributed by atoms with E-state index in [2.05, 4.69) is 52.1 Å². The predicted molar refractivity (Wildman–Crippen MR) is 257 cm³/mol. The van der Waals surface area contributed by atoms with Crippen LogP contribution in [0.25, 0.3) is 5.70 Å². The van der Waals surface area contributed by atoms with E-state index in [0.717, 1.165) is 121 Å². The summed E-state index contributed by atoms with van der Waals surface area (Å²) >= 11 is 0. The first-order valence-corrected chi connectivity index (χ1v) is 25.8. The number of unbranched alkanes of at least 4 members (excludes halogenated alkanes) is 24. The van der Waals surface area contributed by atoms with E-state index in [1.165, 1.54) is 122 Å². The third kappa shape index (κ3) is 28.4. The summed E-state index contributed by atoms with van der Waals surface area (Å²) in [5.74, 6) is 1.12. The first-order chi connectivity index (χ1) is 29.9.